The van der Waals surface area contributed by atoms with Gasteiger partial charge in [-0.05, 0) is 43.7 Å². The van der Waals surface area contributed by atoms with Crippen molar-refractivity contribution in [1.82, 2.24) is 0 Å². The highest BCUT2D eigenvalue weighted by Crippen LogP contribution is 2.31. The van der Waals surface area contributed by atoms with Gasteiger partial charge >= 0.3 is 11.9 Å². The van der Waals surface area contributed by atoms with E-state index in [1.807, 2.05) is 6.07 Å². The first-order chi connectivity index (χ1) is 18.1. The molecule has 0 radical (unpaired) electrons. The van der Waals surface area contributed by atoms with Crippen LogP contribution in [0.3, 0.4) is 0 Å². The lowest BCUT2D eigenvalue weighted by Crippen LogP contribution is -2.18. The smallest absolute Gasteiger partial charge is 0.342 e. The summed E-state index contributed by atoms with van der Waals surface area (Å²) in [5.74, 6) is -0.448. The fourth-order valence-corrected chi connectivity index (χ4v) is 4.29. The van der Waals surface area contributed by atoms with Gasteiger partial charge in [0.15, 0.2) is 0 Å². The van der Waals surface area contributed by atoms with E-state index in [1.165, 1.54) is 38.5 Å². The number of carbonyl (C=O) groups is 2. The lowest BCUT2D eigenvalue weighted by Gasteiger charge is -2.18. The largest absolute Gasteiger partial charge is 0.492 e. The monoisotopic (exact) mass is 518 g/mol. The van der Waals surface area contributed by atoms with Crippen LogP contribution in [0.1, 0.15) is 157 Å². The van der Waals surface area contributed by atoms with E-state index in [-0.39, 0.29) is 11.1 Å². The van der Waals surface area contributed by atoms with Gasteiger partial charge in [0.2, 0.25) is 0 Å². The topological polar surface area (TPSA) is 61.8 Å². The van der Waals surface area contributed by atoms with Gasteiger partial charge < -0.3 is 14.2 Å². The van der Waals surface area contributed by atoms with Crippen LogP contribution in [-0.4, -0.2) is 31.8 Å². The van der Waals surface area contributed by atoms with Gasteiger partial charge in [-0.2, -0.15) is 0 Å². The molecule has 0 N–H and O–H groups in total. The van der Waals surface area contributed by atoms with E-state index in [2.05, 4.69) is 27.7 Å². The molecule has 0 aromatic heterocycles. The van der Waals surface area contributed by atoms with Gasteiger partial charge in [-0.3, -0.25) is 0 Å². The highest BCUT2D eigenvalue weighted by atomic mass is 16.5. The lowest BCUT2D eigenvalue weighted by molar-refractivity contribution is 0.0446. The molecule has 0 atom stereocenters. The van der Waals surface area contributed by atoms with Crippen LogP contribution in [-0.2, 0) is 15.9 Å². The van der Waals surface area contributed by atoms with Crippen molar-refractivity contribution in [3.8, 4) is 5.75 Å². The molecule has 5 nitrogen and oxygen atoms in total. The molecule has 5 heteroatoms. The number of ether oxygens (including phenoxy) is 3. The minimum Gasteiger partial charge on any atom is -0.492 e. The van der Waals surface area contributed by atoms with E-state index in [1.54, 1.807) is 6.07 Å². The summed E-state index contributed by atoms with van der Waals surface area (Å²) in [5, 5.41) is 0. The average Bonchev–Trinajstić information content (AvgIpc) is 2.90. The Labute approximate surface area is 227 Å². The van der Waals surface area contributed by atoms with Crippen LogP contribution in [0.2, 0.25) is 0 Å². The zero-order valence-electron chi connectivity index (χ0n) is 24.3. The predicted octanol–water partition coefficient (Wildman–Crippen LogP) is 9.24. The summed E-state index contributed by atoms with van der Waals surface area (Å²) in [7, 11) is 0. The normalized spacial score (nSPS) is 10.9. The summed E-state index contributed by atoms with van der Waals surface area (Å²) >= 11 is 0. The first-order valence-electron chi connectivity index (χ1n) is 15.2. The number of hydrogen-bond donors (Lipinski definition) is 0. The number of esters is 2. The van der Waals surface area contributed by atoms with Crippen molar-refractivity contribution in [3.63, 3.8) is 0 Å². The molecular weight excluding hydrogens is 464 g/mol. The zero-order chi connectivity index (χ0) is 27.1. The molecule has 0 aliphatic carbocycles. The lowest BCUT2D eigenvalue weighted by atomic mass is 9.98. The number of aryl methyl sites for hydroxylation is 1. The number of benzene rings is 1. The van der Waals surface area contributed by atoms with Crippen LogP contribution in [0.25, 0.3) is 0 Å². The number of rotatable bonds is 23. The van der Waals surface area contributed by atoms with Crippen molar-refractivity contribution < 1.29 is 23.8 Å². The van der Waals surface area contributed by atoms with Crippen LogP contribution in [0.4, 0.5) is 0 Å². The molecule has 0 spiro atoms. The maximum absolute atomic E-state index is 13.4. The highest BCUT2D eigenvalue weighted by Gasteiger charge is 2.27. The Morgan fingerprint density at radius 1 is 0.568 bits per heavy atom. The van der Waals surface area contributed by atoms with Gasteiger partial charge in [-0.1, -0.05) is 111 Å². The Morgan fingerprint density at radius 2 is 1.08 bits per heavy atom. The maximum Gasteiger partial charge on any atom is 0.342 e. The molecule has 0 aliphatic rings. The number of unbranched alkanes of at least 4 members (excludes halogenated alkanes) is 12. The molecule has 0 fully saturated rings. The van der Waals surface area contributed by atoms with Crippen molar-refractivity contribution in [2.75, 3.05) is 19.8 Å². The average molecular weight is 519 g/mol. The fourth-order valence-electron chi connectivity index (χ4n) is 4.29. The summed E-state index contributed by atoms with van der Waals surface area (Å²) in [6, 6.07) is 3.64. The third kappa shape index (κ3) is 13.9. The Morgan fingerprint density at radius 3 is 1.65 bits per heavy atom. The van der Waals surface area contributed by atoms with Crippen LogP contribution in [0.15, 0.2) is 12.1 Å². The molecule has 0 saturated heterocycles. The summed E-state index contributed by atoms with van der Waals surface area (Å²) in [5.41, 5.74) is 1.45. The van der Waals surface area contributed by atoms with Gasteiger partial charge in [0, 0.05) is 0 Å². The molecule has 0 bridgehead atoms. The summed E-state index contributed by atoms with van der Waals surface area (Å²) in [4.78, 5) is 26.5. The summed E-state index contributed by atoms with van der Waals surface area (Å²) in [6.07, 6.45) is 18.1. The van der Waals surface area contributed by atoms with Crippen molar-refractivity contribution in [1.29, 1.82) is 0 Å². The molecule has 1 rings (SSSR count). The molecule has 0 amide bonds. The van der Waals surface area contributed by atoms with Crippen LogP contribution in [0.5, 0.6) is 5.75 Å². The third-order valence-corrected chi connectivity index (χ3v) is 6.67. The Hall–Kier alpha value is -2.04. The van der Waals surface area contributed by atoms with Crippen molar-refractivity contribution in [2.24, 2.45) is 0 Å². The molecule has 1 aromatic carbocycles. The van der Waals surface area contributed by atoms with Gasteiger partial charge in [0.25, 0.3) is 0 Å². The van der Waals surface area contributed by atoms with Crippen molar-refractivity contribution in [2.45, 2.75) is 137 Å². The van der Waals surface area contributed by atoms with Gasteiger partial charge in [0.05, 0.1) is 25.4 Å². The Bertz CT molecular complexity index is 743. The first kappa shape index (κ1) is 33.0. The molecular formula is C32H54O5. The van der Waals surface area contributed by atoms with E-state index in [0.717, 1.165) is 76.2 Å². The van der Waals surface area contributed by atoms with E-state index in [0.29, 0.717) is 25.6 Å². The standard InChI is InChI=1S/C32H54O5/c1-5-9-13-15-17-19-25-36-31(33)28-23-22-27(21-11-7-3)30(35-24-12-8-4)29(28)32(34)37-26-20-18-16-14-10-6-2/h22-23H,5-21,24-26H2,1-4H3. The highest BCUT2D eigenvalue weighted by molar-refractivity contribution is 6.05. The second-order valence-electron chi connectivity index (χ2n) is 10.1. The summed E-state index contributed by atoms with van der Waals surface area (Å²) < 4.78 is 17.5. The maximum atomic E-state index is 13.4. The second kappa shape index (κ2) is 22.0. The van der Waals surface area contributed by atoms with E-state index < -0.39 is 11.9 Å². The van der Waals surface area contributed by atoms with Crippen molar-refractivity contribution >= 4 is 11.9 Å². The molecule has 0 aliphatic heterocycles. The van der Waals surface area contributed by atoms with Crippen LogP contribution < -0.4 is 4.74 Å². The predicted molar refractivity (Wildman–Crippen MR) is 153 cm³/mol. The molecule has 0 saturated carbocycles. The molecule has 212 valence electrons. The van der Waals surface area contributed by atoms with Crippen molar-refractivity contribution in [3.05, 3.63) is 28.8 Å². The minimum absolute atomic E-state index is 0.239. The van der Waals surface area contributed by atoms with Gasteiger partial charge in [-0.25, -0.2) is 9.59 Å². The molecule has 0 unspecified atom stereocenters. The number of carbonyl (C=O) groups excluding carboxylic acids is 2. The second-order valence-corrected chi connectivity index (χ2v) is 10.1. The first-order valence-corrected chi connectivity index (χ1v) is 15.2. The van der Waals surface area contributed by atoms with Crippen LogP contribution in [0, 0.1) is 0 Å². The molecule has 37 heavy (non-hydrogen) atoms. The quantitative estimate of drug-likeness (QED) is 0.107. The Kier molecular flexibility index (Phi) is 19.6. The fraction of sp³-hybridized carbons (Fsp3) is 0.750. The zero-order valence-corrected chi connectivity index (χ0v) is 24.3. The van der Waals surface area contributed by atoms with Crippen LogP contribution >= 0.6 is 0 Å². The van der Waals surface area contributed by atoms with Gasteiger partial charge in [0.1, 0.15) is 11.3 Å². The van der Waals surface area contributed by atoms with E-state index >= 15 is 0 Å². The molecule has 0 heterocycles. The van der Waals surface area contributed by atoms with E-state index in [4.69, 9.17) is 14.2 Å². The number of hydrogen-bond acceptors (Lipinski definition) is 5. The minimum atomic E-state index is -0.482. The summed E-state index contributed by atoms with van der Waals surface area (Å²) in [6.45, 7) is 9.86. The molecule has 1 aromatic rings. The van der Waals surface area contributed by atoms with Gasteiger partial charge in [-0.15, -0.1) is 0 Å². The Balaban J connectivity index is 3.00. The third-order valence-electron chi connectivity index (χ3n) is 6.67. The van der Waals surface area contributed by atoms with E-state index in [9.17, 15) is 9.59 Å². The SMILES string of the molecule is CCCCCCCCOC(=O)c1ccc(CCCC)c(OCCCC)c1C(=O)OCCCCCCCC.